The Bertz CT molecular complexity index is 1830. The predicted octanol–water partition coefficient (Wildman–Crippen LogP) is 5.05. The predicted molar refractivity (Wildman–Crippen MR) is 137 cm³/mol. The van der Waals surface area contributed by atoms with E-state index < -0.39 is 30.0 Å². The van der Waals surface area contributed by atoms with Crippen LogP contribution >= 0.6 is 0 Å². The Kier molecular flexibility index (Phi) is 6.25. The Balaban J connectivity index is 1.22. The molecule has 1 aromatic carbocycles. The molecular weight excluding hydrogens is 548 g/mol. The lowest BCUT2D eigenvalue weighted by molar-refractivity contribution is -0.143. The van der Waals surface area contributed by atoms with Crippen LogP contribution in [0.3, 0.4) is 0 Å². The van der Waals surface area contributed by atoms with E-state index in [1.165, 1.54) is 35.2 Å². The van der Waals surface area contributed by atoms with E-state index in [9.17, 15) is 18.0 Å². The first-order chi connectivity index (χ1) is 19.5. The third-order valence-corrected chi connectivity index (χ3v) is 6.39. The molecule has 0 bridgehead atoms. The van der Waals surface area contributed by atoms with Crippen molar-refractivity contribution in [2.45, 2.75) is 45.3 Å². The Morgan fingerprint density at radius 1 is 1.12 bits per heavy atom. The summed E-state index contributed by atoms with van der Waals surface area (Å²) in [6.45, 7) is 5.27. The number of aryl methyl sites for hydroxylation is 1. The molecule has 2 N–H and O–H groups in total. The minimum absolute atomic E-state index is 0.126. The van der Waals surface area contributed by atoms with E-state index in [-0.39, 0.29) is 40.4 Å². The van der Waals surface area contributed by atoms with Crippen molar-refractivity contribution < 1.29 is 27.0 Å². The number of imidazole rings is 1. The molecule has 5 heterocycles. The average molecular weight is 571 g/mol. The summed E-state index contributed by atoms with van der Waals surface area (Å²) in [5, 5.41) is 6.74. The van der Waals surface area contributed by atoms with Gasteiger partial charge in [0.05, 0.1) is 6.20 Å². The largest absolute Gasteiger partial charge is 0.452 e. The van der Waals surface area contributed by atoms with E-state index in [4.69, 9.17) is 9.47 Å². The minimum Gasteiger partial charge on any atom is -0.452 e. The molecule has 0 amide bonds. The van der Waals surface area contributed by atoms with E-state index in [0.717, 1.165) is 12.3 Å². The van der Waals surface area contributed by atoms with Crippen molar-refractivity contribution in [1.29, 1.82) is 0 Å². The molecule has 212 valence electrons. The second-order valence-electron chi connectivity index (χ2n) is 9.63. The molecule has 0 aliphatic carbocycles. The highest BCUT2D eigenvalue weighted by Crippen LogP contribution is 2.45. The number of ether oxygens (including phenoxy) is 2. The second-order valence-corrected chi connectivity index (χ2v) is 9.63. The summed E-state index contributed by atoms with van der Waals surface area (Å²) in [5.74, 6) is -0.866. The quantitative estimate of drug-likeness (QED) is 0.206. The number of rotatable bonds is 7. The van der Waals surface area contributed by atoms with Crippen molar-refractivity contribution in [3.8, 4) is 17.4 Å². The molecule has 0 radical (unpaired) electrons. The Morgan fingerprint density at radius 3 is 2.61 bits per heavy atom. The molecule has 4 aromatic heterocycles. The SMILES string of the molecule is Cc1ccnc(-n2ncc(C3OC3Nc3ccc(Oc4ccnc5[nH]c(=O)n(C(C)C)c45)c(F)c3)c2C(F)(F)F)n1. The fraction of sp³-hybridized carbons (Fsp3) is 0.269. The van der Waals surface area contributed by atoms with E-state index in [0.29, 0.717) is 21.5 Å². The molecule has 15 heteroatoms. The number of hydrogen-bond donors (Lipinski definition) is 2. The number of anilines is 1. The van der Waals surface area contributed by atoms with Crippen molar-refractivity contribution in [2.75, 3.05) is 5.32 Å². The molecule has 1 aliphatic heterocycles. The molecule has 5 aromatic rings. The highest BCUT2D eigenvalue weighted by atomic mass is 19.4. The van der Waals surface area contributed by atoms with Crippen LogP contribution in [0.2, 0.25) is 0 Å². The first-order valence-corrected chi connectivity index (χ1v) is 12.4. The highest BCUT2D eigenvalue weighted by molar-refractivity contribution is 5.78. The number of H-pyrrole nitrogens is 1. The number of nitrogens with one attached hydrogen (secondary N) is 2. The van der Waals surface area contributed by atoms with Gasteiger partial charge in [0, 0.05) is 47.5 Å². The smallest absolute Gasteiger partial charge is 0.433 e. The maximum Gasteiger partial charge on any atom is 0.433 e. The van der Waals surface area contributed by atoms with E-state index >= 15 is 4.39 Å². The topological polar surface area (TPSA) is 128 Å². The van der Waals surface area contributed by atoms with Crippen LogP contribution in [0.25, 0.3) is 17.1 Å². The molecule has 6 rings (SSSR count). The zero-order chi connectivity index (χ0) is 29.1. The molecular formula is C26H22F4N8O3. The summed E-state index contributed by atoms with van der Waals surface area (Å²) in [6.07, 6.45) is -2.78. The number of epoxide rings is 1. The molecule has 1 aliphatic rings. The lowest BCUT2D eigenvalue weighted by atomic mass is 10.1. The van der Waals surface area contributed by atoms with Gasteiger partial charge in [0.1, 0.15) is 11.6 Å². The van der Waals surface area contributed by atoms with Crippen molar-refractivity contribution in [3.05, 3.63) is 82.2 Å². The molecule has 2 atom stereocenters. The van der Waals surface area contributed by atoms with Crippen LogP contribution in [0.4, 0.5) is 23.2 Å². The number of fused-ring (bicyclic) bond motifs is 1. The number of benzene rings is 1. The Morgan fingerprint density at radius 2 is 1.90 bits per heavy atom. The lowest BCUT2D eigenvalue weighted by Gasteiger charge is -2.13. The third kappa shape index (κ3) is 4.88. The Hall–Kier alpha value is -4.79. The van der Waals surface area contributed by atoms with Gasteiger partial charge in [0.25, 0.3) is 5.95 Å². The van der Waals surface area contributed by atoms with Gasteiger partial charge in [-0.2, -0.15) is 23.0 Å². The lowest BCUT2D eigenvalue weighted by Crippen LogP contribution is -2.18. The summed E-state index contributed by atoms with van der Waals surface area (Å²) in [4.78, 5) is 27.1. The zero-order valence-corrected chi connectivity index (χ0v) is 21.8. The number of halogens is 4. The van der Waals surface area contributed by atoms with Gasteiger partial charge in [0.2, 0.25) is 0 Å². The summed E-state index contributed by atoms with van der Waals surface area (Å²) < 4.78 is 70.5. The summed E-state index contributed by atoms with van der Waals surface area (Å²) in [5.41, 5.74) is -0.208. The van der Waals surface area contributed by atoms with Crippen molar-refractivity contribution in [1.82, 2.24) is 34.3 Å². The molecule has 0 saturated carbocycles. The maximum atomic E-state index is 15.1. The molecule has 1 fully saturated rings. The van der Waals surface area contributed by atoms with E-state index in [2.05, 4.69) is 30.4 Å². The number of alkyl halides is 3. The molecule has 1 saturated heterocycles. The van der Waals surface area contributed by atoms with E-state index in [1.54, 1.807) is 13.0 Å². The van der Waals surface area contributed by atoms with Crippen LogP contribution in [0.1, 0.15) is 42.9 Å². The molecule has 11 nitrogen and oxygen atoms in total. The summed E-state index contributed by atoms with van der Waals surface area (Å²) in [6, 6.07) is 6.86. The van der Waals surface area contributed by atoms with Crippen LogP contribution in [-0.4, -0.2) is 40.5 Å². The zero-order valence-electron chi connectivity index (χ0n) is 21.8. The average Bonchev–Trinajstić information content (AvgIpc) is 3.34. The molecule has 41 heavy (non-hydrogen) atoms. The molecule has 2 unspecified atom stereocenters. The fourth-order valence-electron chi connectivity index (χ4n) is 4.56. The van der Waals surface area contributed by atoms with Gasteiger partial charge in [-0.3, -0.25) is 9.55 Å². The second kappa shape index (κ2) is 9.69. The first kappa shape index (κ1) is 26.4. The normalized spacial score (nSPS) is 16.9. The number of nitrogens with zero attached hydrogens (tertiary/aromatic N) is 6. The monoisotopic (exact) mass is 570 g/mol. The summed E-state index contributed by atoms with van der Waals surface area (Å²) in [7, 11) is 0. The van der Waals surface area contributed by atoms with Crippen molar-refractivity contribution in [2.24, 2.45) is 0 Å². The van der Waals surface area contributed by atoms with Gasteiger partial charge in [-0.1, -0.05) is 0 Å². The van der Waals surface area contributed by atoms with Crippen LogP contribution in [0.5, 0.6) is 11.5 Å². The minimum atomic E-state index is -4.76. The molecule has 0 spiro atoms. The van der Waals surface area contributed by atoms with Crippen LogP contribution in [0, 0.1) is 12.7 Å². The number of pyridine rings is 1. The standard InChI is InChI=1S/C26H22F4N8O3/c1-12(2)37-19-18(7-9-31-22(19)36-25(37)39)40-17-5-4-14(10-16(17)27)35-23-20(41-23)15-11-33-38(21(15)26(28,29)30)24-32-8-6-13(3)34-24/h4-12,20,23,35H,1-3H3,(H,31,36,39). The van der Waals surface area contributed by atoms with E-state index in [1.807, 2.05) is 13.8 Å². The van der Waals surface area contributed by atoms with Crippen LogP contribution in [-0.2, 0) is 10.9 Å². The fourth-order valence-corrected chi connectivity index (χ4v) is 4.56. The summed E-state index contributed by atoms with van der Waals surface area (Å²) >= 11 is 0. The van der Waals surface area contributed by atoms with Gasteiger partial charge >= 0.3 is 11.9 Å². The van der Waals surface area contributed by atoms with Crippen molar-refractivity contribution in [3.63, 3.8) is 0 Å². The Labute approximate surface area is 228 Å². The van der Waals surface area contributed by atoms with Gasteiger partial charge < -0.3 is 14.8 Å². The van der Waals surface area contributed by atoms with Crippen LogP contribution in [0.15, 0.2) is 53.7 Å². The number of aromatic nitrogens is 7. The number of hydrogen-bond acceptors (Lipinski definition) is 8. The third-order valence-electron chi connectivity index (χ3n) is 6.39. The van der Waals surface area contributed by atoms with Gasteiger partial charge in [-0.25, -0.2) is 24.1 Å². The number of aromatic amines is 1. The van der Waals surface area contributed by atoms with Gasteiger partial charge in [-0.15, -0.1) is 0 Å². The van der Waals surface area contributed by atoms with Gasteiger partial charge in [-0.05, 0) is 39.0 Å². The van der Waals surface area contributed by atoms with Crippen molar-refractivity contribution >= 4 is 16.9 Å². The van der Waals surface area contributed by atoms with Gasteiger partial charge in [0.15, 0.2) is 34.9 Å². The highest BCUT2D eigenvalue weighted by Gasteiger charge is 2.49. The van der Waals surface area contributed by atoms with Crippen LogP contribution < -0.4 is 15.7 Å². The first-order valence-electron chi connectivity index (χ1n) is 12.4. The maximum absolute atomic E-state index is 15.1.